The number of likely N-dealkylation sites (tertiary alicyclic amines) is 1. The van der Waals surface area contributed by atoms with Gasteiger partial charge in [0.05, 0.1) is 0 Å². The van der Waals surface area contributed by atoms with Crippen molar-refractivity contribution in [3.05, 3.63) is 28.7 Å². The number of carbonyl (C=O) groups excluding carboxylic acids is 1. The van der Waals surface area contributed by atoms with Crippen LogP contribution in [-0.2, 0) is 11.3 Å². The molecule has 17 heavy (non-hydrogen) atoms. The van der Waals surface area contributed by atoms with Gasteiger partial charge in [-0.1, -0.05) is 0 Å². The monoisotopic (exact) mass is 235 g/mol. The fraction of sp³-hybridized carbons (Fsp3) is 0.500. The summed E-state index contributed by atoms with van der Waals surface area (Å²) in [6.07, 6.45) is 4.29. The molecule has 0 saturated carbocycles. The Morgan fingerprint density at radius 2 is 2.00 bits per heavy atom. The molecule has 2 heterocycles. The van der Waals surface area contributed by atoms with Crippen LogP contribution in [0.1, 0.15) is 19.3 Å². The Morgan fingerprint density at radius 1 is 1.18 bits per heavy atom. The van der Waals surface area contributed by atoms with Gasteiger partial charge in [0.15, 0.2) is 0 Å². The number of amides is 1. The number of piperidine rings is 1. The number of nitrogens with two attached hydrogens (primary N) is 1. The molecule has 92 valence electrons. The van der Waals surface area contributed by atoms with Crippen LogP contribution in [0, 0.1) is 0 Å². The first-order valence-corrected chi connectivity index (χ1v) is 5.90. The summed E-state index contributed by atoms with van der Waals surface area (Å²) in [5.74, 6) is 0.188. The highest BCUT2D eigenvalue weighted by Crippen LogP contribution is 2.10. The van der Waals surface area contributed by atoms with Crippen molar-refractivity contribution in [3.8, 4) is 0 Å². The first kappa shape index (κ1) is 11.7. The van der Waals surface area contributed by atoms with Gasteiger partial charge in [0.2, 0.25) is 5.91 Å². The van der Waals surface area contributed by atoms with Gasteiger partial charge in [-0.15, -0.1) is 0 Å². The van der Waals surface area contributed by atoms with Crippen LogP contribution in [0.3, 0.4) is 0 Å². The van der Waals surface area contributed by atoms with E-state index in [4.69, 9.17) is 5.73 Å². The van der Waals surface area contributed by atoms with Crippen molar-refractivity contribution in [2.45, 2.75) is 25.8 Å². The van der Waals surface area contributed by atoms with Crippen molar-refractivity contribution < 1.29 is 4.79 Å². The highest BCUT2D eigenvalue weighted by Gasteiger charge is 2.17. The molecule has 0 bridgehead atoms. The van der Waals surface area contributed by atoms with Crippen LogP contribution in [0.4, 0.5) is 5.69 Å². The summed E-state index contributed by atoms with van der Waals surface area (Å²) in [5.41, 5.74) is 6.11. The van der Waals surface area contributed by atoms with Crippen molar-refractivity contribution >= 4 is 11.6 Å². The third-order valence-electron chi connectivity index (χ3n) is 3.04. The van der Waals surface area contributed by atoms with Crippen molar-refractivity contribution in [2.24, 2.45) is 0 Å². The molecule has 1 amide bonds. The maximum absolute atomic E-state index is 11.6. The molecule has 1 aromatic heterocycles. The lowest BCUT2D eigenvalue weighted by atomic mass is 10.1. The summed E-state index contributed by atoms with van der Waals surface area (Å²) in [7, 11) is 0. The van der Waals surface area contributed by atoms with E-state index in [0.29, 0.717) is 25.2 Å². The number of anilines is 1. The van der Waals surface area contributed by atoms with E-state index in [1.54, 1.807) is 16.8 Å². The minimum absolute atomic E-state index is 0.0799. The van der Waals surface area contributed by atoms with Crippen LogP contribution in [-0.4, -0.2) is 28.5 Å². The molecule has 2 rings (SSSR count). The molecule has 1 fully saturated rings. The zero-order valence-electron chi connectivity index (χ0n) is 9.76. The van der Waals surface area contributed by atoms with Crippen LogP contribution in [0.25, 0.3) is 0 Å². The fourth-order valence-corrected chi connectivity index (χ4v) is 2.05. The molecule has 0 aliphatic carbocycles. The number of aromatic nitrogens is 1. The third kappa shape index (κ3) is 2.87. The molecule has 0 unspecified atom stereocenters. The number of pyridine rings is 1. The lowest BCUT2D eigenvalue weighted by Crippen LogP contribution is -2.38. The van der Waals surface area contributed by atoms with Gasteiger partial charge < -0.3 is 15.2 Å². The van der Waals surface area contributed by atoms with E-state index in [0.717, 1.165) is 19.4 Å². The summed E-state index contributed by atoms with van der Waals surface area (Å²) in [5, 5.41) is 0. The van der Waals surface area contributed by atoms with Gasteiger partial charge in [-0.3, -0.25) is 9.59 Å². The van der Waals surface area contributed by atoms with Gasteiger partial charge >= 0.3 is 0 Å². The van der Waals surface area contributed by atoms with E-state index in [9.17, 15) is 9.59 Å². The molecular formula is C12H17N3O2. The summed E-state index contributed by atoms with van der Waals surface area (Å²) in [6, 6.07) is 3.04. The van der Waals surface area contributed by atoms with Crippen molar-refractivity contribution in [1.82, 2.24) is 9.47 Å². The first-order chi connectivity index (χ1) is 8.16. The van der Waals surface area contributed by atoms with Gasteiger partial charge in [-0.2, -0.15) is 0 Å². The molecule has 2 N–H and O–H groups in total. The first-order valence-electron chi connectivity index (χ1n) is 5.90. The Bertz CT molecular complexity index is 467. The Morgan fingerprint density at radius 3 is 2.76 bits per heavy atom. The number of hydrogen-bond acceptors (Lipinski definition) is 3. The van der Waals surface area contributed by atoms with Crippen LogP contribution in [0.5, 0.6) is 0 Å². The minimum atomic E-state index is -0.0799. The molecule has 0 spiro atoms. The van der Waals surface area contributed by atoms with Crippen molar-refractivity contribution in [3.63, 3.8) is 0 Å². The predicted octanol–water partition coefficient (Wildman–Crippen LogP) is 0.443. The second kappa shape index (κ2) is 5.03. The van der Waals surface area contributed by atoms with E-state index >= 15 is 0 Å². The summed E-state index contributed by atoms with van der Waals surface area (Å²) >= 11 is 0. The number of nitrogen functional groups attached to an aromatic ring is 1. The molecule has 0 radical (unpaired) electrons. The fourth-order valence-electron chi connectivity index (χ4n) is 2.05. The maximum atomic E-state index is 11.6. The SMILES string of the molecule is Nc1ccc(=O)n(CCN2CCCCC2=O)c1. The van der Waals surface area contributed by atoms with Crippen LogP contribution < -0.4 is 11.3 Å². The Hall–Kier alpha value is -1.78. The second-order valence-electron chi connectivity index (χ2n) is 4.33. The Labute approximate surface area is 99.8 Å². The van der Waals surface area contributed by atoms with E-state index < -0.39 is 0 Å². The lowest BCUT2D eigenvalue weighted by molar-refractivity contribution is -0.133. The van der Waals surface area contributed by atoms with Crippen LogP contribution >= 0.6 is 0 Å². The van der Waals surface area contributed by atoms with Gasteiger partial charge in [0.1, 0.15) is 0 Å². The van der Waals surface area contributed by atoms with Crippen LogP contribution in [0.2, 0.25) is 0 Å². The smallest absolute Gasteiger partial charge is 0.250 e. The van der Waals surface area contributed by atoms with E-state index in [1.807, 2.05) is 4.90 Å². The third-order valence-corrected chi connectivity index (χ3v) is 3.04. The van der Waals surface area contributed by atoms with Gasteiger partial charge in [0.25, 0.3) is 5.56 Å². The molecule has 0 atom stereocenters. The summed E-state index contributed by atoms with van der Waals surface area (Å²) in [6.45, 7) is 1.90. The second-order valence-corrected chi connectivity index (χ2v) is 4.33. The highest BCUT2D eigenvalue weighted by molar-refractivity contribution is 5.76. The van der Waals surface area contributed by atoms with Gasteiger partial charge in [-0.25, -0.2) is 0 Å². The van der Waals surface area contributed by atoms with Gasteiger partial charge in [-0.05, 0) is 18.9 Å². The molecule has 1 aliphatic heterocycles. The molecule has 1 saturated heterocycles. The molecule has 5 nitrogen and oxygen atoms in total. The molecule has 0 aromatic carbocycles. The van der Waals surface area contributed by atoms with Crippen LogP contribution in [0.15, 0.2) is 23.1 Å². The number of carbonyl (C=O) groups is 1. The topological polar surface area (TPSA) is 68.3 Å². The predicted molar refractivity (Wildman–Crippen MR) is 65.5 cm³/mol. The Balaban J connectivity index is 1.99. The van der Waals surface area contributed by atoms with E-state index in [-0.39, 0.29) is 11.5 Å². The summed E-state index contributed by atoms with van der Waals surface area (Å²) in [4.78, 5) is 24.9. The highest BCUT2D eigenvalue weighted by atomic mass is 16.2. The number of hydrogen-bond donors (Lipinski definition) is 1. The summed E-state index contributed by atoms with van der Waals surface area (Å²) < 4.78 is 1.55. The molecule has 1 aromatic rings. The largest absolute Gasteiger partial charge is 0.398 e. The Kier molecular flexibility index (Phi) is 3.46. The zero-order chi connectivity index (χ0) is 12.3. The zero-order valence-corrected chi connectivity index (χ0v) is 9.76. The lowest BCUT2D eigenvalue weighted by Gasteiger charge is -2.26. The molecule has 1 aliphatic rings. The van der Waals surface area contributed by atoms with E-state index in [2.05, 4.69) is 0 Å². The van der Waals surface area contributed by atoms with E-state index in [1.165, 1.54) is 6.07 Å². The maximum Gasteiger partial charge on any atom is 0.250 e. The number of nitrogens with zero attached hydrogens (tertiary/aromatic N) is 2. The average molecular weight is 235 g/mol. The average Bonchev–Trinajstić information content (AvgIpc) is 2.32. The standard InChI is InChI=1S/C12H17N3O2/c13-10-4-5-12(17)15(9-10)8-7-14-6-2-1-3-11(14)16/h4-5,9H,1-3,6-8,13H2. The quantitative estimate of drug-likeness (QED) is 0.826. The molecule has 5 heteroatoms. The van der Waals surface area contributed by atoms with Crippen molar-refractivity contribution in [1.29, 1.82) is 0 Å². The normalized spacial score (nSPS) is 16.2. The molecular weight excluding hydrogens is 218 g/mol. The van der Waals surface area contributed by atoms with Gasteiger partial charge in [0, 0.05) is 44.0 Å². The minimum Gasteiger partial charge on any atom is -0.398 e. The number of rotatable bonds is 3. The van der Waals surface area contributed by atoms with Crippen molar-refractivity contribution in [2.75, 3.05) is 18.8 Å².